The van der Waals surface area contributed by atoms with Gasteiger partial charge >= 0.3 is 0 Å². The summed E-state index contributed by atoms with van der Waals surface area (Å²) in [6, 6.07) is 4.56. The normalized spacial score (nSPS) is 10.8. The zero-order chi connectivity index (χ0) is 9.30. The standard InChI is InChI=1S/C9H11I2Si/c1-6-4-7(2)9(12(10)11)8(3)5-6/h4-5H,1-3H3. The van der Waals surface area contributed by atoms with Gasteiger partial charge in [-0.1, -0.05) is 61.3 Å². The summed E-state index contributed by atoms with van der Waals surface area (Å²) in [6.07, 6.45) is 0. The average Bonchev–Trinajstić information content (AvgIpc) is 1.82. The monoisotopic (exact) mass is 401 g/mol. The number of hydrogen-bond donors (Lipinski definition) is 0. The van der Waals surface area contributed by atoms with Crippen LogP contribution in [0.5, 0.6) is 0 Å². The summed E-state index contributed by atoms with van der Waals surface area (Å²) < 4.78 is -0.349. The maximum absolute atomic E-state index is 2.56. The van der Waals surface area contributed by atoms with Gasteiger partial charge in [0.25, 0.3) is 0 Å². The molecule has 0 bridgehead atoms. The first-order valence-corrected chi connectivity index (χ1v) is 11.5. The minimum Gasteiger partial charge on any atom is -0.0997 e. The lowest BCUT2D eigenvalue weighted by atomic mass is 10.1. The number of benzene rings is 1. The summed E-state index contributed by atoms with van der Waals surface area (Å²) in [5.74, 6) is 0. The van der Waals surface area contributed by atoms with E-state index in [-0.39, 0.29) is 3.79 Å². The Hall–Kier alpha value is 0.897. The van der Waals surface area contributed by atoms with E-state index in [9.17, 15) is 0 Å². The lowest BCUT2D eigenvalue weighted by Crippen LogP contribution is -2.23. The van der Waals surface area contributed by atoms with E-state index in [2.05, 4.69) is 76.5 Å². The maximum atomic E-state index is 2.56. The Balaban J connectivity index is 3.28. The van der Waals surface area contributed by atoms with Crippen LogP contribution in [-0.4, -0.2) is 3.79 Å². The number of rotatable bonds is 1. The maximum Gasteiger partial charge on any atom is 0.238 e. The second kappa shape index (κ2) is 4.41. The second-order valence-corrected chi connectivity index (χ2v) is 16.7. The first-order valence-electron chi connectivity index (χ1n) is 3.78. The molecule has 0 spiro atoms. The zero-order valence-electron chi connectivity index (χ0n) is 7.41. The summed E-state index contributed by atoms with van der Waals surface area (Å²) in [5.41, 5.74) is 4.31. The quantitative estimate of drug-likeness (QED) is 0.386. The largest absolute Gasteiger partial charge is 0.238 e. The van der Waals surface area contributed by atoms with E-state index in [1.165, 1.54) is 16.7 Å². The van der Waals surface area contributed by atoms with Gasteiger partial charge in [0, 0.05) is 0 Å². The highest BCUT2D eigenvalue weighted by Crippen LogP contribution is 2.13. The Kier molecular flexibility index (Phi) is 4.03. The van der Waals surface area contributed by atoms with E-state index in [1.54, 1.807) is 5.19 Å². The molecule has 1 radical (unpaired) electrons. The van der Waals surface area contributed by atoms with Gasteiger partial charge in [0.15, 0.2) is 0 Å². The van der Waals surface area contributed by atoms with Crippen LogP contribution in [-0.2, 0) is 0 Å². The minimum absolute atomic E-state index is 0.349. The third-order valence-corrected chi connectivity index (χ3v) is 6.27. The molecule has 0 atom stereocenters. The van der Waals surface area contributed by atoms with Gasteiger partial charge in [0.2, 0.25) is 3.79 Å². The van der Waals surface area contributed by atoms with E-state index in [0.717, 1.165) is 0 Å². The summed E-state index contributed by atoms with van der Waals surface area (Å²) in [7, 11) is 0. The van der Waals surface area contributed by atoms with E-state index < -0.39 is 0 Å². The molecule has 0 saturated carbocycles. The first-order chi connectivity index (χ1) is 5.52. The van der Waals surface area contributed by atoms with Crippen molar-refractivity contribution in [2.45, 2.75) is 20.8 Å². The van der Waals surface area contributed by atoms with E-state index in [0.29, 0.717) is 0 Å². The molecule has 0 N–H and O–H groups in total. The summed E-state index contributed by atoms with van der Waals surface area (Å²) in [4.78, 5) is 0. The third-order valence-electron chi connectivity index (χ3n) is 1.87. The fraction of sp³-hybridized carbons (Fsp3) is 0.333. The topological polar surface area (TPSA) is 0 Å². The third kappa shape index (κ3) is 2.44. The molecule has 1 rings (SSSR count). The van der Waals surface area contributed by atoms with E-state index in [1.807, 2.05) is 0 Å². The van der Waals surface area contributed by atoms with Crippen molar-refractivity contribution in [3.63, 3.8) is 0 Å². The highest BCUT2D eigenvalue weighted by molar-refractivity contribution is 14.3. The molecule has 0 fully saturated rings. The number of halogens is 2. The fourth-order valence-corrected chi connectivity index (χ4v) is 7.32. The van der Waals surface area contributed by atoms with Gasteiger partial charge in [-0.3, -0.25) is 0 Å². The van der Waals surface area contributed by atoms with Gasteiger partial charge in [-0.15, -0.1) is 0 Å². The van der Waals surface area contributed by atoms with Crippen molar-refractivity contribution in [1.29, 1.82) is 0 Å². The second-order valence-electron chi connectivity index (χ2n) is 3.03. The van der Waals surface area contributed by atoms with Gasteiger partial charge < -0.3 is 0 Å². The van der Waals surface area contributed by atoms with Crippen molar-refractivity contribution in [3.05, 3.63) is 28.8 Å². The van der Waals surface area contributed by atoms with Crippen molar-refractivity contribution in [3.8, 4) is 0 Å². The SMILES string of the molecule is Cc1cc(C)c([Si](I)I)c(C)c1. The summed E-state index contributed by atoms with van der Waals surface area (Å²) in [6.45, 7) is 6.60. The van der Waals surface area contributed by atoms with Crippen LogP contribution >= 0.6 is 43.6 Å². The Labute approximate surface area is 101 Å². The summed E-state index contributed by atoms with van der Waals surface area (Å²) >= 11 is 5.12. The van der Waals surface area contributed by atoms with Gasteiger partial charge in [0.05, 0.1) is 0 Å². The molecule has 3 heteroatoms. The van der Waals surface area contributed by atoms with Crippen LogP contribution in [0.15, 0.2) is 12.1 Å². The van der Waals surface area contributed by atoms with Crippen LogP contribution in [0.4, 0.5) is 0 Å². The molecule has 0 aliphatic carbocycles. The number of hydrogen-bond acceptors (Lipinski definition) is 0. The lowest BCUT2D eigenvalue weighted by Gasteiger charge is -2.10. The van der Waals surface area contributed by atoms with Crippen LogP contribution in [0.25, 0.3) is 0 Å². The minimum atomic E-state index is -0.349. The number of aryl methyl sites for hydroxylation is 3. The van der Waals surface area contributed by atoms with Crippen molar-refractivity contribution in [2.24, 2.45) is 0 Å². The Morgan fingerprint density at radius 3 is 1.75 bits per heavy atom. The molecule has 0 heterocycles. The zero-order valence-corrected chi connectivity index (χ0v) is 12.7. The first kappa shape index (κ1) is 11.0. The molecule has 0 saturated heterocycles. The molecule has 0 aliphatic heterocycles. The molecule has 0 aromatic heterocycles. The predicted molar refractivity (Wildman–Crippen MR) is 74.1 cm³/mol. The molecule has 0 amide bonds. The van der Waals surface area contributed by atoms with Gasteiger partial charge in [0.1, 0.15) is 0 Å². The van der Waals surface area contributed by atoms with Gasteiger partial charge in [-0.25, -0.2) is 0 Å². The Bertz CT molecular complexity index is 272. The van der Waals surface area contributed by atoms with E-state index in [4.69, 9.17) is 0 Å². The molecule has 0 nitrogen and oxygen atoms in total. The highest BCUT2D eigenvalue weighted by atomic mass is 127. The van der Waals surface area contributed by atoms with Crippen LogP contribution < -0.4 is 5.19 Å². The fourth-order valence-electron chi connectivity index (χ4n) is 1.48. The smallest absolute Gasteiger partial charge is 0.0997 e. The van der Waals surface area contributed by atoms with Gasteiger partial charge in [-0.2, -0.15) is 0 Å². The molecule has 65 valence electrons. The molecule has 1 aromatic rings. The van der Waals surface area contributed by atoms with Gasteiger partial charge in [-0.05, 0) is 37.1 Å². The molecular formula is C9H11I2Si. The van der Waals surface area contributed by atoms with Crippen molar-refractivity contribution in [2.75, 3.05) is 0 Å². The predicted octanol–water partition coefficient (Wildman–Crippen LogP) is 3.18. The van der Waals surface area contributed by atoms with Crippen LogP contribution in [0.3, 0.4) is 0 Å². The van der Waals surface area contributed by atoms with Crippen LogP contribution in [0.1, 0.15) is 16.7 Å². The highest BCUT2D eigenvalue weighted by Gasteiger charge is 2.11. The van der Waals surface area contributed by atoms with Crippen molar-refractivity contribution >= 4 is 52.6 Å². The van der Waals surface area contributed by atoms with Crippen molar-refractivity contribution < 1.29 is 0 Å². The van der Waals surface area contributed by atoms with Crippen LogP contribution in [0, 0.1) is 20.8 Å². The summed E-state index contributed by atoms with van der Waals surface area (Å²) in [5, 5.41) is 1.59. The van der Waals surface area contributed by atoms with Crippen LogP contribution in [0.2, 0.25) is 0 Å². The molecule has 0 aliphatic rings. The molecule has 12 heavy (non-hydrogen) atoms. The molecule has 0 unspecified atom stereocenters. The Morgan fingerprint density at radius 2 is 1.42 bits per heavy atom. The van der Waals surface area contributed by atoms with E-state index >= 15 is 0 Å². The molecule has 1 aromatic carbocycles. The average molecular weight is 401 g/mol. The lowest BCUT2D eigenvalue weighted by molar-refractivity contribution is 1.35. The molecular weight excluding hydrogens is 390 g/mol. The van der Waals surface area contributed by atoms with Crippen molar-refractivity contribution in [1.82, 2.24) is 0 Å². The Morgan fingerprint density at radius 1 is 1.00 bits per heavy atom.